The fourth-order valence-electron chi connectivity index (χ4n) is 7.04. The molecule has 0 heterocycles. The Morgan fingerprint density at radius 1 is 0.464 bits per heavy atom. The molecule has 8 nitrogen and oxygen atoms in total. The quantitative estimate of drug-likeness (QED) is 0.0280. The molecule has 0 amide bonds. The summed E-state index contributed by atoms with van der Waals surface area (Å²) in [6.07, 6.45) is 47.0. The molecule has 0 saturated carbocycles. The van der Waals surface area contributed by atoms with Gasteiger partial charge in [-0.2, -0.15) is 0 Å². The highest BCUT2D eigenvalue weighted by Gasteiger charge is 2.25. The van der Waals surface area contributed by atoms with Gasteiger partial charge in [0.05, 0.1) is 13.2 Å². The highest BCUT2D eigenvalue weighted by atomic mass is 31.2. The first-order chi connectivity index (χ1) is 27.3. The van der Waals surface area contributed by atoms with Gasteiger partial charge in [0.2, 0.25) is 0 Å². The molecule has 0 spiro atoms. The molecule has 0 aromatic heterocycles. The topological polar surface area (TPSA) is 108 Å². The Morgan fingerprint density at radius 3 is 1.18 bits per heavy atom. The number of hydrogen-bond acceptors (Lipinski definition) is 7. The van der Waals surface area contributed by atoms with E-state index in [0.29, 0.717) is 6.42 Å². The van der Waals surface area contributed by atoms with Crippen LogP contribution in [-0.4, -0.2) is 42.8 Å². The van der Waals surface area contributed by atoms with Crippen LogP contribution in [0.25, 0.3) is 0 Å². The molecule has 0 aromatic carbocycles. The van der Waals surface area contributed by atoms with E-state index in [0.717, 1.165) is 38.5 Å². The van der Waals surface area contributed by atoms with Crippen LogP contribution in [0.4, 0.5) is 0 Å². The minimum absolute atomic E-state index is 0.00386. The first-order valence-corrected chi connectivity index (χ1v) is 25.5. The molecular formula is C47H91O8P. The van der Waals surface area contributed by atoms with E-state index in [4.69, 9.17) is 18.5 Å². The van der Waals surface area contributed by atoms with Crippen molar-refractivity contribution in [2.45, 2.75) is 258 Å². The zero-order chi connectivity index (χ0) is 41.1. The van der Waals surface area contributed by atoms with E-state index in [1.165, 1.54) is 180 Å². The second-order valence-corrected chi connectivity index (χ2v) is 17.6. The fraction of sp³-hybridized carbons (Fsp3) is 0.915. The van der Waals surface area contributed by atoms with Crippen molar-refractivity contribution in [2.75, 3.05) is 19.8 Å². The van der Waals surface area contributed by atoms with Crippen LogP contribution in [0.1, 0.15) is 252 Å². The summed E-state index contributed by atoms with van der Waals surface area (Å²) in [7, 11) is -4.28. The second-order valence-electron chi connectivity index (χ2n) is 16.1. The molecule has 0 saturated heterocycles. The molecule has 332 valence electrons. The van der Waals surface area contributed by atoms with Crippen LogP contribution in [-0.2, 0) is 32.7 Å². The number of carbonyl (C=O) groups is 2. The van der Waals surface area contributed by atoms with Crippen LogP contribution in [0, 0.1) is 0 Å². The van der Waals surface area contributed by atoms with Crippen LogP contribution in [0.2, 0.25) is 0 Å². The molecule has 0 aliphatic carbocycles. The zero-order valence-corrected chi connectivity index (χ0v) is 38.0. The van der Waals surface area contributed by atoms with Crippen LogP contribution in [0.3, 0.4) is 0 Å². The maximum atomic E-state index is 12.6. The van der Waals surface area contributed by atoms with Crippen molar-refractivity contribution < 1.29 is 37.6 Å². The van der Waals surface area contributed by atoms with Gasteiger partial charge in [-0.1, -0.05) is 206 Å². The molecule has 0 radical (unpaired) electrons. The van der Waals surface area contributed by atoms with Gasteiger partial charge in [0.25, 0.3) is 0 Å². The third-order valence-electron chi connectivity index (χ3n) is 10.6. The molecule has 0 aliphatic heterocycles. The number of allylic oxidation sites excluding steroid dienone is 2. The Kier molecular flexibility index (Phi) is 42.4. The Hall–Kier alpha value is -1.21. The van der Waals surface area contributed by atoms with Crippen LogP contribution in [0.15, 0.2) is 12.2 Å². The Labute approximate surface area is 346 Å². The number of phosphoric ester groups is 1. The predicted octanol–water partition coefficient (Wildman–Crippen LogP) is 15.2. The molecule has 56 heavy (non-hydrogen) atoms. The first-order valence-electron chi connectivity index (χ1n) is 24.0. The summed E-state index contributed by atoms with van der Waals surface area (Å²) in [5.74, 6) is -0.785. The Bertz CT molecular complexity index is 926. The van der Waals surface area contributed by atoms with E-state index >= 15 is 0 Å². The number of phosphoric acid groups is 1. The summed E-state index contributed by atoms with van der Waals surface area (Å²) in [5.41, 5.74) is 0. The van der Waals surface area contributed by atoms with E-state index in [1.807, 2.05) is 0 Å². The number of ether oxygens (including phenoxy) is 2. The average molecular weight is 815 g/mol. The normalized spacial score (nSPS) is 13.3. The van der Waals surface area contributed by atoms with Crippen LogP contribution in [0.5, 0.6) is 0 Å². The minimum atomic E-state index is -4.28. The summed E-state index contributed by atoms with van der Waals surface area (Å²) in [5, 5.41) is 0. The van der Waals surface area contributed by atoms with E-state index in [1.54, 1.807) is 6.92 Å². The van der Waals surface area contributed by atoms with E-state index < -0.39 is 19.9 Å². The summed E-state index contributed by atoms with van der Waals surface area (Å²) >= 11 is 0. The summed E-state index contributed by atoms with van der Waals surface area (Å²) < 4.78 is 32.7. The molecule has 0 aromatic rings. The van der Waals surface area contributed by atoms with Gasteiger partial charge in [-0.3, -0.25) is 18.6 Å². The zero-order valence-electron chi connectivity index (χ0n) is 37.1. The lowest BCUT2D eigenvalue weighted by Gasteiger charge is -2.19. The molecule has 0 aliphatic rings. The van der Waals surface area contributed by atoms with E-state index in [9.17, 15) is 19.0 Å². The monoisotopic (exact) mass is 815 g/mol. The molecule has 0 fully saturated rings. The molecule has 0 rings (SSSR count). The van der Waals surface area contributed by atoms with Crippen molar-refractivity contribution in [3.05, 3.63) is 12.2 Å². The van der Waals surface area contributed by atoms with Gasteiger partial charge < -0.3 is 14.4 Å². The maximum Gasteiger partial charge on any atom is 0.472 e. The molecule has 0 bridgehead atoms. The largest absolute Gasteiger partial charge is 0.472 e. The standard InChI is InChI=1S/C47H91O8P/c1-4-7-9-11-13-15-17-19-20-21-22-23-24-25-26-27-28-30-32-34-36-38-40-42-47(49)55-45(44-54-56(50,51)53-6-3)43-52-46(48)41-39-37-35-33-31-29-18-16-14-12-10-8-5-2/h21-22,45H,4-20,23-44H2,1-3H3,(H,50,51)/b22-21-. The first kappa shape index (κ1) is 54.8. The highest BCUT2D eigenvalue weighted by molar-refractivity contribution is 7.47. The van der Waals surface area contributed by atoms with Crippen LogP contribution < -0.4 is 0 Å². The van der Waals surface area contributed by atoms with Gasteiger partial charge in [0.1, 0.15) is 6.61 Å². The lowest BCUT2D eigenvalue weighted by Crippen LogP contribution is -2.29. The van der Waals surface area contributed by atoms with Gasteiger partial charge in [0, 0.05) is 12.8 Å². The fourth-order valence-corrected chi connectivity index (χ4v) is 7.79. The van der Waals surface area contributed by atoms with Crippen LogP contribution >= 0.6 is 7.82 Å². The third-order valence-corrected chi connectivity index (χ3v) is 11.6. The van der Waals surface area contributed by atoms with E-state index in [-0.39, 0.29) is 32.2 Å². The Balaban J connectivity index is 3.94. The number of unbranched alkanes of at least 4 members (excludes halogenated alkanes) is 31. The average Bonchev–Trinajstić information content (AvgIpc) is 3.18. The summed E-state index contributed by atoms with van der Waals surface area (Å²) in [6.45, 7) is 5.51. The Morgan fingerprint density at radius 2 is 0.804 bits per heavy atom. The third kappa shape index (κ3) is 42.4. The second kappa shape index (κ2) is 43.4. The smallest absolute Gasteiger partial charge is 0.462 e. The molecule has 9 heteroatoms. The lowest BCUT2D eigenvalue weighted by atomic mass is 10.0. The number of hydrogen-bond donors (Lipinski definition) is 1. The molecule has 1 N–H and O–H groups in total. The van der Waals surface area contributed by atoms with Gasteiger partial charge in [-0.15, -0.1) is 0 Å². The van der Waals surface area contributed by atoms with Gasteiger partial charge >= 0.3 is 19.8 Å². The maximum absolute atomic E-state index is 12.6. The van der Waals surface area contributed by atoms with Crippen molar-refractivity contribution in [1.82, 2.24) is 0 Å². The van der Waals surface area contributed by atoms with Crippen molar-refractivity contribution in [1.29, 1.82) is 0 Å². The van der Waals surface area contributed by atoms with Gasteiger partial charge in [0.15, 0.2) is 6.10 Å². The van der Waals surface area contributed by atoms with Crippen molar-refractivity contribution >= 4 is 19.8 Å². The lowest BCUT2D eigenvalue weighted by molar-refractivity contribution is -0.161. The molecule has 2 atom stereocenters. The minimum Gasteiger partial charge on any atom is -0.462 e. The highest BCUT2D eigenvalue weighted by Crippen LogP contribution is 2.43. The SMILES string of the molecule is CCCCCCCCCC/C=C\CCCCCCCCCCCCCC(=O)OC(COC(=O)CCCCCCCCCCCCCCC)COP(=O)(O)OCC. The number of carbonyl (C=O) groups excluding carboxylic acids is 2. The summed E-state index contributed by atoms with van der Waals surface area (Å²) in [6, 6.07) is 0. The molecule has 2 unspecified atom stereocenters. The van der Waals surface area contributed by atoms with Crippen molar-refractivity contribution in [2.24, 2.45) is 0 Å². The number of esters is 2. The number of rotatable bonds is 45. The van der Waals surface area contributed by atoms with Crippen molar-refractivity contribution in [3.63, 3.8) is 0 Å². The predicted molar refractivity (Wildman–Crippen MR) is 235 cm³/mol. The van der Waals surface area contributed by atoms with Gasteiger partial charge in [-0.25, -0.2) is 4.57 Å². The van der Waals surface area contributed by atoms with Crippen molar-refractivity contribution in [3.8, 4) is 0 Å². The van der Waals surface area contributed by atoms with E-state index in [2.05, 4.69) is 26.0 Å². The summed E-state index contributed by atoms with van der Waals surface area (Å²) in [4.78, 5) is 34.8. The van der Waals surface area contributed by atoms with Gasteiger partial charge in [-0.05, 0) is 45.4 Å². The molecular weight excluding hydrogens is 723 g/mol.